The third-order valence-electron chi connectivity index (χ3n) is 4.76. The van der Waals surface area contributed by atoms with Gasteiger partial charge in [0.05, 0.1) is 30.7 Å². The summed E-state index contributed by atoms with van der Waals surface area (Å²) in [5, 5.41) is 12.3. The maximum atomic E-state index is 12.9. The summed E-state index contributed by atoms with van der Waals surface area (Å²) in [4.78, 5) is 29.9. The Hall–Kier alpha value is -2.51. The van der Waals surface area contributed by atoms with E-state index in [2.05, 4.69) is 0 Å². The largest absolute Gasteiger partial charge is 0.338 e. The van der Waals surface area contributed by atoms with Crippen LogP contribution in [0.15, 0.2) is 42.5 Å². The van der Waals surface area contributed by atoms with Crippen molar-refractivity contribution in [3.8, 4) is 0 Å². The van der Waals surface area contributed by atoms with Crippen molar-refractivity contribution in [1.29, 1.82) is 0 Å². The predicted octanol–water partition coefficient (Wildman–Crippen LogP) is 4.88. The summed E-state index contributed by atoms with van der Waals surface area (Å²) in [6.07, 6.45) is 1.82. The molecule has 2 heterocycles. The molecule has 0 saturated carbocycles. The first-order valence-electron chi connectivity index (χ1n) is 8.61. The van der Waals surface area contributed by atoms with Gasteiger partial charge in [0.1, 0.15) is 0 Å². The number of thiazole rings is 1. The zero-order valence-electron chi connectivity index (χ0n) is 14.3. The van der Waals surface area contributed by atoms with Gasteiger partial charge in [-0.3, -0.25) is 14.9 Å². The van der Waals surface area contributed by atoms with Crippen molar-refractivity contribution in [2.75, 3.05) is 13.1 Å². The molecule has 0 aliphatic carbocycles. The lowest BCUT2D eigenvalue weighted by atomic mass is 9.98. The van der Waals surface area contributed by atoms with Gasteiger partial charge in [-0.1, -0.05) is 23.7 Å². The second kappa shape index (κ2) is 7.25. The number of fused-ring (bicyclic) bond motifs is 1. The van der Waals surface area contributed by atoms with Gasteiger partial charge in [0.15, 0.2) is 0 Å². The molecule has 4 rings (SSSR count). The van der Waals surface area contributed by atoms with E-state index < -0.39 is 4.92 Å². The molecule has 0 spiro atoms. The summed E-state index contributed by atoms with van der Waals surface area (Å²) in [6, 6.07) is 12.0. The van der Waals surface area contributed by atoms with Crippen molar-refractivity contribution in [3.63, 3.8) is 0 Å². The highest BCUT2D eigenvalue weighted by Gasteiger charge is 2.29. The van der Waals surface area contributed by atoms with E-state index in [-0.39, 0.29) is 28.1 Å². The molecular weight excluding hydrogens is 386 g/mol. The number of benzene rings is 2. The summed E-state index contributed by atoms with van der Waals surface area (Å²) in [7, 11) is 0. The Morgan fingerprint density at radius 3 is 2.89 bits per heavy atom. The predicted molar refractivity (Wildman–Crippen MR) is 106 cm³/mol. The topological polar surface area (TPSA) is 76.3 Å². The highest BCUT2D eigenvalue weighted by atomic mass is 35.5. The van der Waals surface area contributed by atoms with Gasteiger partial charge in [0.2, 0.25) is 0 Å². The molecule has 0 bridgehead atoms. The van der Waals surface area contributed by atoms with Crippen molar-refractivity contribution in [2.24, 2.45) is 0 Å². The highest BCUT2D eigenvalue weighted by Crippen LogP contribution is 2.34. The van der Waals surface area contributed by atoms with Gasteiger partial charge in [-0.15, -0.1) is 11.3 Å². The number of hydrogen-bond donors (Lipinski definition) is 0. The Morgan fingerprint density at radius 2 is 2.11 bits per heavy atom. The molecule has 1 fully saturated rings. The fourth-order valence-corrected chi connectivity index (χ4v) is 4.68. The van der Waals surface area contributed by atoms with Crippen LogP contribution in [0.1, 0.15) is 34.1 Å². The second-order valence-corrected chi connectivity index (χ2v) is 8.00. The average Bonchev–Trinajstić information content (AvgIpc) is 3.12. The monoisotopic (exact) mass is 401 g/mol. The standard InChI is InChI=1S/C19H16ClN3O3S/c20-15-8-7-13(23(25)26)10-14(15)19(24)22-9-3-4-12(11-22)18-21-16-5-1-2-6-17(16)27-18/h1-2,5-8,10,12H,3-4,9,11H2/t12-/m0/s1. The number of halogens is 1. The maximum Gasteiger partial charge on any atom is 0.270 e. The normalized spacial score (nSPS) is 17.2. The third kappa shape index (κ3) is 3.52. The number of para-hydroxylation sites is 1. The molecular formula is C19H16ClN3O3S. The maximum absolute atomic E-state index is 12.9. The van der Waals surface area contributed by atoms with E-state index in [0.717, 1.165) is 28.1 Å². The van der Waals surface area contributed by atoms with Crippen LogP contribution in [0, 0.1) is 10.1 Å². The van der Waals surface area contributed by atoms with Gasteiger partial charge in [-0.2, -0.15) is 0 Å². The fourth-order valence-electron chi connectivity index (χ4n) is 3.39. The van der Waals surface area contributed by atoms with Crippen LogP contribution in [0.25, 0.3) is 10.2 Å². The Balaban J connectivity index is 1.58. The van der Waals surface area contributed by atoms with E-state index in [9.17, 15) is 14.9 Å². The van der Waals surface area contributed by atoms with Crippen LogP contribution in [0.2, 0.25) is 5.02 Å². The number of aromatic nitrogens is 1. The Morgan fingerprint density at radius 1 is 1.30 bits per heavy atom. The van der Waals surface area contributed by atoms with Crippen molar-refractivity contribution < 1.29 is 9.72 Å². The number of rotatable bonds is 3. The van der Waals surface area contributed by atoms with Gasteiger partial charge in [-0.05, 0) is 31.0 Å². The lowest BCUT2D eigenvalue weighted by molar-refractivity contribution is -0.384. The summed E-state index contributed by atoms with van der Waals surface area (Å²) in [6.45, 7) is 1.15. The minimum Gasteiger partial charge on any atom is -0.338 e. The van der Waals surface area contributed by atoms with Gasteiger partial charge in [0.25, 0.3) is 11.6 Å². The highest BCUT2D eigenvalue weighted by molar-refractivity contribution is 7.18. The van der Waals surface area contributed by atoms with Crippen LogP contribution in [-0.4, -0.2) is 33.8 Å². The Kier molecular flexibility index (Phi) is 4.80. The minimum absolute atomic E-state index is 0.137. The molecule has 8 heteroatoms. The summed E-state index contributed by atoms with van der Waals surface area (Å²) in [5.74, 6) is -0.105. The molecule has 1 saturated heterocycles. The van der Waals surface area contributed by atoms with Crippen molar-refractivity contribution >= 4 is 44.7 Å². The number of carbonyl (C=O) groups excluding carboxylic acids is 1. The molecule has 1 atom stereocenters. The molecule has 0 N–H and O–H groups in total. The average molecular weight is 402 g/mol. The minimum atomic E-state index is -0.521. The number of likely N-dealkylation sites (tertiary alicyclic amines) is 1. The number of non-ortho nitro benzene ring substituents is 1. The van der Waals surface area contributed by atoms with Crippen LogP contribution in [-0.2, 0) is 0 Å². The van der Waals surface area contributed by atoms with Crippen molar-refractivity contribution in [1.82, 2.24) is 9.88 Å². The van der Waals surface area contributed by atoms with E-state index in [1.165, 1.54) is 18.2 Å². The van der Waals surface area contributed by atoms with E-state index in [4.69, 9.17) is 16.6 Å². The summed E-state index contributed by atoms with van der Waals surface area (Å²) >= 11 is 7.80. The molecule has 138 valence electrons. The molecule has 1 aliphatic rings. The molecule has 1 aliphatic heterocycles. The van der Waals surface area contributed by atoms with Crippen LogP contribution in [0.5, 0.6) is 0 Å². The number of nitro groups is 1. The van der Waals surface area contributed by atoms with Gasteiger partial charge in [-0.25, -0.2) is 4.98 Å². The molecule has 2 aromatic carbocycles. The van der Waals surface area contributed by atoms with E-state index >= 15 is 0 Å². The zero-order chi connectivity index (χ0) is 19.0. The number of nitrogens with zero attached hydrogens (tertiary/aromatic N) is 3. The molecule has 1 amide bonds. The molecule has 1 aromatic heterocycles. The van der Waals surface area contributed by atoms with Crippen molar-refractivity contribution in [2.45, 2.75) is 18.8 Å². The Labute approximate surface area is 164 Å². The fraction of sp³-hybridized carbons (Fsp3) is 0.263. The second-order valence-electron chi connectivity index (χ2n) is 6.53. The third-order valence-corrected chi connectivity index (χ3v) is 6.29. The van der Waals surface area contributed by atoms with Crippen LogP contribution in [0.3, 0.4) is 0 Å². The van der Waals surface area contributed by atoms with Crippen molar-refractivity contribution in [3.05, 3.63) is 68.2 Å². The molecule has 0 unspecified atom stereocenters. The molecule has 27 heavy (non-hydrogen) atoms. The van der Waals surface area contributed by atoms with Gasteiger partial charge < -0.3 is 4.90 Å². The smallest absolute Gasteiger partial charge is 0.270 e. The SMILES string of the molecule is O=C(c1cc([N+](=O)[O-])ccc1Cl)N1CCC[C@H](c2nc3ccccc3s2)C1. The Bertz CT molecular complexity index is 1000. The van der Waals surface area contributed by atoms with E-state index in [1.54, 1.807) is 16.2 Å². The lowest BCUT2D eigenvalue weighted by Crippen LogP contribution is -2.39. The van der Waals surface area contributed by atoms with Crippen LogP contribution in [0.4, 0.5) is 5.69 Å². The number of nitro benzene ring substituents is 1. The van der Waals surface area contributed by atoms with Crippen LogP contribution >= 0.6 is 22.9 Å². The number of amides is 1. The van der Waals surface area contributed by atoms with Gasteiger partial charge in [0, 0.05) is 31.1 Å². The van der Waals surface area contributed by atoms with E-state index in [0.29, 0.717) is 13.1 Å². The molecule has 0 radical (unpaired) electrons. The lowest BCUT2D eigenvalue weighted by Gasteiger charge is -2.32. The number of piperidine rings is 1. The van der Waals surface area contributed by atoms with E-state index in [1.807, 2.05) is 24.3 Å². The first-order chi connectivity index (χ1) is 13.0. The molecule has 6 nitrogen and oxygen atoms in total. The zero-order valence-corrected chi connectivity index (χ0v) is 15.9. The van der Waals surface area contributed by atoms with Gasteiger partial charge >= 0.3 is 0 Å². The number of carbonyl (C=O) groups is 1. The number of hydrogen-bond acceptors (Lipinski definition) is 5. The quantitative estimate of drug-likeness (QED) is 0.463. The van der Waals surface area contributed by atoms with Crippen LogP contribution < -0.4 is 0 Å². The summed E-state index contributed by atoms with van der Waals surface area (Å²) in [5.41, 5.74) is 1.01. The first-order valence-corrected chi connectivity index (χ1v) is 9.81. The molecule has 3 aromatic rings. The first kappa shape index (κ1) is 17.9. The summed E-state index contributed by atoms with van der Waals surface area (Å²) < 4.78 is 1.14.